The Morgan fingerprint density at radius 2 is 1.88 bits per heavy atom. The number of likely N-dealkylation sites (tertiary alicyclic amines) is 1. The Kier molecular flexibility index (Phi) is 6.80. The number of hydrogen-bond acceptors (Lipinski definition) is 5. The van der Waals surface area contributed by atoms with Gasteiger partial charge in [-0.25, -0.2) is 14.6 Å². The Morgan fingerprint density at radius 1 is 1.16 bits per heavy atom. The summed E-state index contributed by atoms with van der Waals surface area (Å²) < 4.78 is 17.9. The first kappa shape index (κ1) is 22.0. The second-order valence-electron chi connectivity index (χ2n) is 8.23. The van der Waals surface area contributed by atoms with E-state index < -0.39 is 6.09 Å². The number of ether oxygens (including phenoxy) is 1. The van der Waals surface area contributed by atoms with Crippen LogP contribution in [0.4, 0.5) is 9.18 Å². The van der Waals surface area contributed by atoms with Crippen LogP contribution in [-0.2, 0) is 11.3 Å². The number of hydrazone groups is 1. The number of nitrogens with zero attached hydrogens (tertiary/aromatic N) is 3. The number of amides is 2. The first-order valence-corrected chi connectivity index (χ1v) is 10.8. The van der Waals surface area contributed by atoms with Gasteiger partial charge in [0.1, 0.15) is 5.82 Å². The normalized spacial score (nSPS) is 17.4. The van der Waals surface area contributed by atoms with Crippen molar-refractivity contribution in [3.8, 4) is 0 Å². The maximum absolute atomic E-state index is 13.3. The molecule has 0 saturated carbocycles. The van der Waals surface area contributed by atoms with Crippen molar-refractivity contribution in [2.75, 3.05) is 33.3 Å². The monoisotopic (exact) mass is 438 g/mol. The molecule has 0 atom stereocenters. The molecule has 4 rings (SSSR count). The molecule has 0 spiro atoms. The Hall–Kier alpha value is -3.26. The summed E-state index contributed by atoms with van der Waals surface area (Å²) in [5, 5.41) is 4.20. The number of methoxy groups -OCH3 is 1. The van der Waals surface area contributed by atoms with E-state index in [-0.39, 0.29) is 11.7 Å². The highest BCUT2D eigenvalue weighted by atomic mass is 19.1. The Labute approximate surface area is 186 Å². The third kappa shape index (κ3) is 5.13. The molecule has 2 aromatic carbocycles. The molecule has 2 aliphatic heterocycles. The molecule has 168 valence electrons. The van der Waals surface area contributed by atoms with Crippen LogP contribution in [0.25, 0.3) is 0 Å². The summed E-state index contributed by atoms with van der Waals surface area (Å²) in [5.41, 5.74) is 5.67. The van der Waals surface area contributed by atoms with Crippen LogP contribution in [0.2, 0.25) is 0 Å². The van der Waals surface area contributed by atoms with Crippen LogP contribution in [0.3, 0.4) is 0 Å². The second kappa shape index (κ2) is 9.91. The fraction of sp³-hybridized carbons (Fsp3) is 0.375. The minimum absolute atomic E-state index is 0.127. The van der Waals surface area contributed by atoms with Gasteiger partial charge in [-0.15, -0.1) is 0 Å². The Morgan fingerprint density at radius 3 is 2.56 bits per heavy atom. The molecule has 1 N–H and O–H groups in total. The van der Waals surface area contributed by atoms with E-state index in [1.165, 1.54) is 19.2 Å². The summed E-state index contributed by atoms with van der Waals surface area (Å²) in [6.45, 7) is 3.70. The average Bonchev–Trinajstić information content (AvgIpc) is 3.13. The predicted molar refractivity (Wildman–Crippen MR) is 119 cm³/mol. The minimum atomic E-state index is -0.653. The van der Waals surface area contributed by atoms with Crippen molar-refractivity contribution < 1.29 is 18.7 Å². The summed E-state index contributed by atoms with van der Waals surface area (Å²) in [7, 11) is 1.27. The highest BCUT2D eigenvalue weighted by Gasteiger charge is 2.30. The largest absolute Gasteiger partial charge is 0.452 e. The number of rotatable bonds is 6. The number of benzene rings is 2. The Balaban J connectivity index is 1.34. The highest BCUT2D eigenvalue weighted by Crippen LogP contribution is 2.26. The van der Waals surface area contributed by atoms with Crippen LogP contribution in [-0.4, -0.2) is 60.8 Å². The second-order valence-corrected chi connectivity index (χ2v) is 8.23. The number of hydrogen-bond donors (Lipinski definition) is 1. The number of carbonyl (C=O) groups is 2. The molecule has 2 aromatic rings. The molecular weight excluding hydrogens is 411 g/mol. The first-order valence-electron chi connectivity index (χ1n) is 10.8. The zero-order chi connectivity index (χ0) is 22.5. The molecule has 0 bridgehead atoms. The maximum atomic E-state index is 13.3. The molecule has 2 amide bonds. The van der Waals surface area contributed by atoms with Crippen LogP contribution >= 0.6 is 0 Å². The van der Waals surface area contributed by atoms with Gasteiger partial charge in [-0.3, -0.25) is 9.69 Å². The van der Waals surface area contributed by atoms with Gasteiger partial charge < -0.3 is 9.64 Å². The maximum Gasteiger partial charge on any atom is 0.427 e. The number of fused-ring (bicyclic) bond motifs is 1. The summed E-state index contributed by atoms with van der Waals surface area (Å²) in [6.07, 6.45) is 1.29. The first-order chi connectivity index (χ1) is 15.5. The number of carbonyl (C=O) groups excluding carboxylic acids is 2. The number of piperidine rings is 1. The van der Waals surface area contributed by atoms with Gasteiger partial charge in [0, 0.05) is 25.2 Å². The Bertz CT molecular complexity index is 1000. The van der Waals surface area contributed by atoms with Crippen LogP contribution in [0.5, 0.6) is 0 Å². The summed E-state index contributed by atoms with van der Waals surface area (Å²) in [4.78, 5) is 28.3. The van der Waals surface area contributed by atoms with Gasteiger partial charge in [0.05, 0.1) is 12.8 Å². The van der Waals surface area contributed by atoms with Crippen molar-refractivity contribution in [1.29, 1.82) is 0 Å². The summed E-state index contributed by atoms with van der Waals surface area (Å²) >= 11 is 0. The van der Waals surface area contributed by atoms with Crippen molar-refractivity contribution in [2.45, 2.75) is 19.4 Å². The van der Waals surface area contributed by atoms with Crippen molar-refractivity contribution in [3.63, 3.8) is 0 Å². The van der Waals surface area contributed by atoms with E-state index in [4.69, 9.17) is 0 Å². The molecule has 0 radical (unpaired) electrons. The van der Waals surface area contributed by atoms with Crippen molar-refractivity contribution in [3.05, 3.63) is 71.0 Å². The topological polar surface area (TPSA) is 74.2 Å². The minimum Gasteiger partial charge on any atom is -0.452 e. The van der Waals surface area contributed by atoms with E-state index in [2.05, 4.69) is 20.2 Å². The number of nitrogens with one attached hydrogen (secondary N) is 1. The van der Waals surface area contributed by atoms with E-state index in [1.54, 1.807) is 12.1 Å². The van der Waals surface area contributed by atoms with Crippen LogP contribution in [0.1, 0.15) is 34.3 Å². The van der Waals surface area contributed by atoms with Gasteiger partial charge in [-0.05, 0) is 61.2 Å². The molecule has 1 saturated heterocycles. The van der Waals surface area contributed by atoms with Gasteiger partial charge in [-0.1, -0.05) is 30.3 Å². The molecule has 32 heavy (non-hydrogen) atoms. The van der Waals surface area contributed by atoms with E-state index in [0.717, 1.165) is 49.2 Å². The molecule has 0 aromatic heterocycles. The fourth-order valence-corrected chi connectivity index (χ4v) is 4.30. The summed E-state index contributed by atoms with van der Waals surface area (Å²) in [5.74, 6) is 0.250. The zero-order valence-corrected chi connectivity index (χ0v) is 18.1. The number of halogens is 1. The molecule has 7 nitrogen and oxygen atoms in total. The molecule has 0 unspecified atom stereocenters. The van der Waals surface area contributed by atoms with Crippen LogP contribution in [0, 0.1) is 11.7 Å². The third-order valence-electron chi connectivity index (χ3n) is 6.10. The molecular formula is C24H27FN4O3. The van der Waals surface area contributed by atoms with Crippen molar-refractivity contribution in [2.24, 2.45) is 11.0 Å². The van der Waals surface area contributed by atoms with Gasteiger partial charge in [0.25, 0.3) is 5.91 Å². The lowest BCUT2D eigenvalue weighted by Gasteiger charge is -2.34. The molecule has 2 aliphatic rings. The van der Waals surface area contributed by atoms with Gasteiger partial charge in [0.2, 0.25) is 0 Å². The van der Waals surface area contributed by atoms with E-state index in [9.17, 15) is 14.0 Å². The fourth-order valence-electron chi connectivity index (χ4n) is 4.30. The van der Waals surface area contributed by atoms with Crippen LogP contribution < -0.4 is 5.43 Å². The molecule has 1 fully saturated rings. The van der Waals surface area contributed by atoms with Crippen molar-refractivity contribution in [1.82, 2.24) is 15.2 Å². The SMILES string of the molecule is COC(=O)N/N=C(/CN1CCC(CN2Cc3ccccc3C2=O)CC1)c1ccc(F)cc1. The highest BCUT2D eigenvalue weighted by molar-refractivity contribution is 6.02. The lowest BCUT2D eigenvalue weighted by Crippen LogP contribution is -2.41. The van der Waals surface area contributed by atoms with E-state index in [0.29, 0.717) is 24.7 Å². The predicted octanol–water partition coefficient (Wildman–Crippen LogP) is 3.25. The lowest BCUT2D eigenvalue weighted by molar-refractivity contribution is 0.0719. The zero-order valence-electron chi connectivity index (χ0n) is 18.1. The molecule has 2 heterocycles. The quantitative estimate of drug-likeness (QED) is 0.555. The van der Waals surface area contributed by atoms with E-state index in [1.807, 2.05) is 29.2 Å². The third-order valence-corrected chi connectivity index (χ3v) is 6.10. The molecule has 8 heteroatoms. The molecule has 0 aliphatic carbocycles. The van der Waals surface area contributed by atoms with E-state index >= 15 is 0 Å². The van der Waals surface area contributed by atoms with Crippen molar-refractivity contribution >= 4 is 17.7 Å². The average molecular weight is 439 g/mol. The van der Waals surface area contributed by atoms with Gasteiger partial charge in [-0.2, -0.15) is 5.10 Å². The summed E-state index contributed by atoms with van der Waals surface area (Å²) in [6, 6.07) is 13.9. The smallest absolute Gasteiger partial charge is 0.427 e. The van der Waals surface area contributed by atoms with Gasteiger partial charge in [0.15, 0.2) is 0 Å². The van der Waals surface area contributed by atoms with Crippen LogP contribution in [0.15, 0.2) is 53.6 Å². The lowest BCUT2D eigenvalue weighted by atomic mass is 9.95. The standard InChI is InChI=1S/C24H27FN4O3/c1-32-24(31)27-26-22(18-6-8-20(25)9-7-18)16-28-12-10-17(11-13-28)14-29-15-19-4-2-3-5-21(19)23(29)30/h2-9,17H,10-16H2,1H3,(H,27,31)/b26-22-. The van der Waals surface area contributed by atoms with Gasteiger partial charge >= 0.3 is 6.09 Å².